The number of rotatable bonds is 3. The second-order valence-corrected chi connectivity index (χ2v) is 6.61. The highest BCUT2D eigenvalue weighted by molar-refractivity contribution is 6.37. The average Bonchev–Trinajstić information content (AvgIpc) is 3.01. The standard InChI is InChI=1S/C18H16Cl2N2O3/c1-10(17(23)22-7-6-11-4-2-3-5-15(11)22)25-18(24)13-8-12(19)9-14(20)16(13)21/h2-5,8-10H,6-7,21H2,1H3/t10-/m0/s1. The van der Waals surface area contributed by atoms with Crippen LogP contribution in [0.1, 0.15) is 22.8 Å². The quantitative estimate of drug-likeness (QED) is 0.652. The zero-order valence-corrected chi connectivity index (χ0v) is 15.0. The maximum absolute atomic E-state index is 12.7. The van der Waals surface area contributed by atoms with Crippen LogP contribution in [0.25, 0.3) is 0 Å². The smallest absolute Gasteiger partial charge is 0.341 e. The fourth-order valence-electron chi connectivity index (χ4n) is 2.81. The Bertz CT molecular complexity index is 854. The Morgan fingerprint density at radius 2 is 1.96 bits per heavy atom. The van der Waals surface area contributed by atoms with Crippen LogP contribution in [0, 0.1) is 0 Å². The number of esters is 1. The number of fused-ring (bicyclic) bond motifs is 1. The highest BCUT2D eigenvalue weighted by atomic mass is 35.5. The third kappa shape index (κ3) is 3.43. The first kappa shape index (κ1) is 17.6. The van der Waals surface area contributed by atoms with Crippen molar-refractivity contribution in [2.45, 2.75) is 19.4 Å². The summed E-state index contributed by atoms with van der Waals surface area (Å²) in [5.41, 5.74) is 7.86. The Morgan fingerprint density at radius 3 is 2.72 bits per heavy atom. The van der Waals surface area contributed by atoms with Crippen molar-refractivity contribution in [1.82, 2.24) is 0 Å². The topological polar surface area (TPSA) is 72.6 Å². The Morgan fingerprint density at radius 1 is 1.24 bits per heavy atom. The van der Waals surface area contributed by atoms with E-state index in [4.69, 9.17) is 33.7 Å². The number of nitrogens with zero attached hydrogens (tertiary/aromatic N) is 1. The Labute approximate surface area is 155 Å². The van der Waals surface area contributed by atoms with Crippen LogP contribution in [0.3, 0.4) is 0 Å². The number of hydrogen-bond acceptors (Lipinski definition) is 4. The molecule has 1 amide bonds. The van der Waals surface area contributed by atoms with Gasteiger partial charge in [-0.3, -0.25) is 4.79 Å². The predicted molar refractivity (Wildman–Crippen MR) is 98.3 cm³/mol. The van der Waals surface area contributed by atoms with Gasteiger partial charge in [0.15, 0.2) is 6.10 Å². The van der Waals surface area contributed by atoms with Gasteiger partial charge in [0, 0.05) is 17.3 Å². The highest BCUT2D eigenvalue weighted by Crippen LogP contribution is 2.30. The van der Waals surface area contributed by atoms with Gasteiger partial charge in [-0.05, 0) is 37.1 Å². The number of halogens is 2. The van der Waals surface area contributed by atoms with Gasteiger partial charge in [0.2, 0.25) is 0 Å². The van der Waals surface area contributed by atoms with Gasteiger partial charge in [-0.1, -0.05) is 41.4 Å². The molecule has 0 spiro atoms. The second kappa shape index (κ2) is 6.94. The molecule has 2 aromatic rings. The van der Waals surface area contributed by atoms with E-state index in [0.29, 0.717) is 6.54 Å². The molecule has 5 nitrogen and oxygen atoms in total. The number of carbonyl (C=O) groups excluding carboxylic acids is 2. The molecule has 25 heavy (non-hydrogen) atoms. The molecule has 0 saturated heterocycles. The molecule has 2 N–H and O–H groups in total. The minimum absolute atomic E-state index is 0.0407. The molecule has 0 fully saturated rings. The van der Waals surface area contributed by atoms with Gasteiger partial charge in [0.05, 0.1) is 16.3 Å². The van der Waals surface area contributed by atoms with Gasteiger partial charge in [0.25, 0.3) is 5.91 Å². The minimum Gasteiger partial charge on any atom is -0.449 e. The van der Waals surface area contributed by atoms with Crippen molar-refractivity contribution >= 4 is 46.5 Å². The third-order valence-corrected chi connectivity index (χ3v) is 4.63. The van der Waals surface area contributed by atoms with E-state index in [1.165, 1.54) is 19.1 Å². The van der Waals surface area contributed by atoms with E-state index in [9.17, 15) is 9.59 Å². The zero-order chi connectivity index (χ0) is 18.1. The maximum atomic E-state index is 12.7. The molecule has 0 unspecified atom stereocenters. The van der Waals surface area contributed by atoms with Crippen LogP contribution in [0.4, 0.5) is 11.4 Å². The normalized spacial score (nSPS) is 14.1. The summed E-state index contributed by atoms with van der Waals surface area (Å²) in [6.45, 7) is 2.09. The number of hydrogen-bond donors (Lipinski definition) is 1. The van der Waals surface area contributed by atoms with Gasteiger partial charge < -0.3 is 15.4 Å². The summed E-state index contributed by atoms with van der Waals surface area (Å²) in [6, 6.07) is 10.5. The van der Waals surface area contributed by atoms with Gasteiger partial charge in [-0.2, -0.15) is 0 Å². The molecular weight excluding hydrogens is 363 g/mol. The summed E-state index contributed by atoms with van der Waals surface area (Å²) >= 11 is 11.8. The van der Waals surface area contributed by atoms with Crippen LogP contribution in [0.15, 0.2) is 36.4 Å². The molecule has 0 bridgehead atoms. The number of ether oxygens (including phenoxy) is 1. The lowest BCUT2D eigenvalue weighted by Gasteiger charge is -2.22. The lowest BCUT2D eigenvalue weighted by molar-refractivity contribution is -0.126. The summed E-state index contributed by atoms with van der Waals surface area (Å²) in [5, 5.41) is 0.422. The molecule has 7 heteroatoms. The van der Waals surface area contributed by atoms with Crippen molar-refractivity contribution < 1.29 is 14.3 Å². The van der Waals surface area contributed by atoms with Crippen LogP contribution in [0.5, 0.6) is 0 Å². The first-order valence-electron chi connectivity index (χ1n) is 7.73. The van der Waals surface area contributed by atoms with Crippen LogP contribution in [0.2, 0.25) is 10.0 Å². The Hall–Kier alpha value is -2.24. The molecular formula is C18H16Cl2N2O3. The molecule has 3 rings (SSSR count). The molecule has 1 atom stereocenters. The molecule has 2 aromatic carbocycles. The van der Waals surface area contributed by atoms with Crippen molar-refractivity contribution in [1.29, 1.82) is 0 Å². The molecule has 1 aliphatic heterocycles. The lowest BCUT2D eigenvalue weighted by Crippen LogP contribution is -2.39. The summed E-state index contributed by atoms with van der Waals surface area (Å²) in [7, 11) is 0. The zero-order valence-electron chi connectivity index (χ0n) is 13.5. The summed E-state index contributed by atoms with van der Waals surface area (Å²) in [4.78, 5) is 26.6. The number of anilines is 2. The van der Waals surface area contributed by atoms with Crippen molar-refractivity contribution in [3.05, 3.63) is 57.6 Å². The van der Waals surface area contributed by atoms with E-state index in [1.54, 1.807) is 4.90 Å². The minimum atomic E-state index is -0.962. The van der Waals surface area contributed by atoms with Gasteiger partial charge in [-0.15, -0.1) is 0 Å². The van der Waals surface area contributed by atoms with Crippen LogP contribution < -0.4 is 10.6 Å². The maximum Gasteiger partial charge on any atom is 0.341 e. The number of amides is 1. The monoisotopic (exact) mass is 378 g/mol. The highest BCUT2D eigenvalue weighted by Gasteiger charge is 2.30. The van der Waals surface area contributed by atoms with E-state index >= 15 is 0 Å². The van der Waals surface area contributed by atoms with Crippen LogP contribution >= 0.6 is 23.2 Å². The second-order valence-electron chi connectivity index (χ2n) is 5.76. The van der Waals surface area contributed by atoms with E-state index in [0.717, 1.165) is 17.7 Å². The van der Waals surface area contributed by atoms with Crippen molar-refractivity contribution in [2.24, 2.45) is 0 Å². The van der Waals surface area contributed by atoms with E-state index in [1.807, 2.05) is 24.3 Å². The Kier molecular flexibility index (Phi) is 4.88. The summed E-state index contributed by atoms with van der Waals surface area (Å²) in [5.74, 6) is -1.03. The molecule has 1 aliphatic rings. The molecule has 0 saturated carbocycles. The Balaban J connectivity index is 1.76. The predicted octanol–water partition coefficient (Wildman–Crippen LogP) is 3.71. The number of nitrogen functional groups attached to an aromatic ring is 1. The van der Waals surface area contributed by atoms with Crippen molar-refractivity contribution in [3.8, 4) is 0 Å². The van der Waals surface area contributed by atoms with Crippen LogP contribution in [-0.2, 0) is 16.0 Å². The van der Waals surface area contributed by atoms with Gasteiger partial charge in [0.1, 0.15) is 0 Å². The molecule has 0 aliphatic carbocycles. The van der Waals surface area contributed by atoms with E-state index < -0.39 is 12.1 Å². The molecule has 130 valence electrons. The third-order valence-electron chi connectivity index (χ3n) is 4.10. The van der Waals surface area contributed by atoms with E-state index in [2.05, 4.69) is 0 Å². The molecule has 0 radical (unpaired) electrons. The first-order valence-corrected chi connectivity index (χ1v) is 8.49. The largest absolute Gasteiger partial charge is 0.449 e. The summed E-state index contributed by atoms with van der Waals surface area (Å²) in [6.07, 6.45) is -0.185. The number of benzene rings is 2. The number of para-hydroxylation sites is 1. The van der Waals surface area contributed by atoms with Gasteiger partial charge in [-0.25, -0.2) is 4.79 Å². The van der Waals surface area contributed by atoms with Crippen LogP contribution in [-0.4, -0.2) is 24.5 Å². The SMILES string of the molecule is C[C@H](OC(=O)c1cc(Cl)cc(Cl)c1N)C(=O)N1CCc2ccccc21. The average molecular weight is 379 g/mol. The fraction of sp³-hybridized carbons (Fsp3) is 0.222. The number of nitrogens with two attached hydrogens (primary N) is 1. The summed E-state index contributed by atoms with van der Waals surface area (Å²) < 4.78 is 5.29. The fourth-order valence-corrected chi connectivity index (χ4v) is 3.31. The van der Waals surface area contributed by atoms with Gasteiger partial charge >= 0.3 is 5.97 Å². The lowest BCUT2D eigenvalue weighted by atomic mass is 10.2. The van der Waals surface area contributed by atoms with Crippen molar-refractivity contribution in [3.63, 3.8) is 0 Å². The molecule has 0 aromatic heterocycles. The van der Waals surface area contributed by atoms with Crippen molar-refractivity contribution in [2.75, 3.05) is 17.2 Å². The molecule has 1 heterocycles. The first-order chi connectivity index (χ1) is 11.9. The number of carbonyl (C=O) groups is 2. The van der Waals surface area contributed by atoms with E-state index in [-0.39, 0.29) is 27.2 Å².